The minimum Gasteiger partial charge on any atom is -0.481 e. The molecule has 1 aliphatic rings. The summed E-state index contributed by atoms with van der Waals surface area (Å²) < 4.78 is 0. The number of nitrogens with zero attached hydrogens (tertiary/aromatic N) is 2. The Morgan fingerprint density at radius 3 is 2.93 bits per heavy atom. The smallest absolute Gasteiger partial charge is 0.308 e. The Balaban J connectivity index is 2.05. The Morgan fingerprint density at radius 2 is 2.29 bits per heavy atom. The lowest BCUT2D eigenvalue weighted by molar-refractivity contribution is -0.136. The van der Waals surface area contributed by atoms with Crippen LogP contribution < -0.4 is 4.90 Å². The van der Waals surface area contributed by atoms with Crippen LogP contribution in [0.3, 0.4) is 0 Å². The third-order valence-corrected chi connectivity index (χ3v) is 3.30. The third-order valence-electron chi connectivity index (χ3n) is 2.24. The fraction of sp³-hybridized carbons (Fsp3) is 0.556. The summed E-state index contributed by atoms with van der Waals surface area (Å²) in [5.74, 6) is -0.790. The third kappa shape index (κ3) is 2.04. The molecular formula is C9H12N2O2S. The van der Waals surface area contributed by atoms with Gasteiger partial charge in [-0.25, -0.2) is 4.98 Å². The van der Waals surface area contributed by atoms with Gasteiger partial charge in [-0.05, 0) is 12.8 Å². The quantitative estimate of drug-likeness (QED) is 0.822. The number of aliphatic carboxylic acids is 1. The maximum absolute atomic E-state index is 10.5. The number of carbonyl (C=O) groups is 1. The molecule has 1 aromatic rings. The summed E-state index contributed by atoms with van der Waals surface area (Å²) >= 11 is 1.49. The molecular weight excluding hydrogens is 200 g/mol. The molecule has 5 heteroatoms. The van der Waals surface area contributed by atoms with E-state index in [1.165, 1.54) is 24.2 Å². The van der Waals surface area contributed by atoms with Crippen LogP contribution in [0.1, 0.15) is 17.7 Å². The molecule has 1 aromatic heterocycles. The summed E-state index contributed by atoms with van der Waals surface area (Å²) in [6.07, 6.45) is 4.19. The van der Waals surface area contributed by atoms with Crippen LogP contribution in [0.4, 0.5) is 5.13 Å². The molecule has 2 heterocycles. The summed E-state index contributed by atoms with van der Waals surface area (Å²) in [6.45, 7) is 2.11. The zero-order chi connectivity index (χ0) is 9.97. The molecule has 0 unspecified atom stereocenters. The molecule has 1 fully saturated rings. The molecule has 0 radical (unpaired) electrons. The molecule has 2 rings (SSSR count). The van der Waals surface area contributed by atoms with Crippen molar-refractivity contribution in [1.82, 2.24) is 4.98 Å². The van der Waals surface area contributed by atoms with E-state index in [1.54, 1.807) is 6.20 Å². The number of rotatable bonds is 3. The second kappa shape index (κ2) is 3.96. The van der Waals surface area contributed by atoms with Gasteiger partial charge >= 0.3 is 5.97 Å². The Morgan fingerprint density at radius 1 is 1.57 bits per heavy atom. The van der Waals surface area contributed by atoms with E-state index in [9.17, 15) is 4.79 Å². The molecule has 0 amide bonds. The van der Waals surface area contributed by atoms with Crippen LogP contribution in [0.15, 0.2) is 6.20 Å². The van der Waals surface area contributed by atoms with Gasteiger partial charge in [0.05, 0.1) is 6.42 Å². The van der Waals surface area contributed by atoms with Crippen LogP contribution in [0.5, 0.6) is 0 Å². The summed E-state index contributed by atoms with van der Waals surface area (Å²) in [7, 11) is 0. The normalized spacial score (nSPS) is 16.1. The molecule has 1 aliphatic heterocycles. The highest BCUT2D eigenvalue weighted by Crippen LogP contribution is 2.25. The molecule has 1 N–H and O–H groups in total. The number of anilines is 1. The Bertz CT molecular complexity index is 331. The largest absolute Gasteiger partial charge is 0.481 e. The van der Waals surface area contributed by atoms with Gasteiger partial charge in [-0.1, -0.05) is 0 Å². The zero-order valence-electron chi connectivity index (χ0n) is 7.77. The van der Waals surface area contributed by atoms with Crippen molar-refractivity contribution in [2.75, 3.05) is 18.0 Å². The highest BCUT2D eigenvalue weighted by molar-refractivity contribution is 7.15. The SMILES string of the molecule is O=C(O)Cc1cnc(N2CCCC2)s1. The van der Waals surface area contributed by atoms with Crippen LogP contribution in [-0.2, 0) is 11.2 Å². The van der Waals surface area contributed by atoms with Crippen molar-refractivity contribution in [2.45, 2.75) is 19.3 Å². The van der Waals surface area contributed by atoms with Gasteiger partial charge in [0.25, 0.3) is 0 Å². The summed E-state index contributed by atoms with van der Waals surface area (Å²) in [6, 6.07) is 0. The molecule has 4 nitrogen and oxygen atoms in total. The van der Waals surface area contributed by atoms with Crippen molar-refractivity contribution in [3.05, 3.63) is 11.1 Å². The second-order valence-corrected chi connectivity index (χ2v) is 4.47. The zero-order valence-corrected chi connectivity index (χ0v) is 8.59. The summed E-state index contributed by atoms with van der Waals surface area (Å²) in [5.41, 5.74) is 0. The first-order chi connectivity index (χ1) is 6.75. The number of carboxylic acid groups (broad SMARTS) is 1. The van der Waals surface area contributed by atoms with Gasteiger partial charge in [0, 0.05) is 24.2 Å². The molecule has 0 atom stereocenters. The van der Waals surface area contributed by atoms with Crippen molar-refractivity contribution in [3.63, 3.8) is 0 Å². The first-order valence-corrected chi connectivity index (χ1v) is 5.49. The van der Waals surface area contributed by atoms with E-state index >= 15 is 0 Å². The number of aromatic nitrogens is 1. The lowest BCUT2D eigenvalue weighted by atomic mass is 10.4. The van der Waals surface area contributed by atoms with Crippen molar-refractivity contribution < 1.29 is 9.90 Å². The predicted octanol–water partition coefficient (Wildman–Crippen LogP) is 1.37. The van der Waals surface area contributed by atoms with Crippen LogP contribution in [0, 0.1) is 0 Å². The van der Waals surface area contributed by atoms with E-state index in [1.807, 2.05) is 0 Å². The average Bonchev–Trinajstić information content (AvgIpc) is 2.69. The first-order valence-electron chi connectivity index (χ1n) is 4.67. The van der Waals surface area contributed by atoms with Gasteiger partial charge in [-0.3, -0.25) is 4.79 Å². The molecule has 0 bridgehead atoms. The molecule has 0 spiro atoms. The van der Waals surface area contributed by atoms with Crippen LogP contribution >= 0.6 is 11.3 Å². The average molecular weight is 212 g/mol. The highest BCUT2D eigenvalue weighted by atomic mass is 32.1. The van der Waals surface area contributed by atoms with E-state index in [0.717, 1.165) is 23.1 Å². The summed E-state index contributed by atoms with van der Waals surface area (Å²) in [5, 5.41) is 9.58. The lowest BCUT2D eigenvalue weighted by Crippen LogP contribution is -2.16. The fourth-order valence-electron chi connectivity index (χ4n) is 1.58. The predicted molar refractivity (Wildman–Crippen MR) is 54.9 cm³/mol. The van der Waals surface area contributed by atoms with Crippen molar-refractivity contribution in [1.29, 1.82) is 0 Å². The minimum atomic E-state index is -0.790. The molecule has 0 aliphatic carbocycles. The van der Waals surface area contributed by atoms with Gasteiger partial charge < -0.3 is 10.0 Å². The Labute approximate surface area is 86.2 Å². The van der Waals surface area contributed by atoms with Gasteiger partial charge in [0.2, 0.25) is 0 Å². The first kappa shape index (κ1) is 9.45. The monoisotopic (exact) mass is 212 g/mol. The second-order valence-electron chi connectivity index (χ2n) is 3.37. The maximum atomic E-state index is 10.5. The van der Waals surface area contributed by atoms with Gasteiger partial charge in [0.15, 0.2) is 5.13 Å². The van der Waals surface area contributed by atoms with E-state index < -0.39 is 5.97 Å². The molecule has 76 valence electrons. The van der Waals surface area contributed by atoms with Gasteiger partial charge in [0.1, 0.15) is 0 Å². The van der Waals surface area contributed by atoms with Crippen LogP contribution in [0.2, 0.25) is 0 Å². The van der Waals surface area contributed by atoms with Crippen LogP contribution in [-0.4, -0.2) is 29.1 Å². The number of thiazole rings is 1. The number of carboxylic acids is 1. The van der Waals surface area contributed by atoms with Crippen molar-refractivity contribution in [3.8, 4) is 0 Å². The molecule has 1 saturated heterocycles. The standard InChI is InChI=1S/C9H12N2O2S/c12-8(13)5-7-6-10-9(14-7)11-3-1-2-4-11/h6H,1-5H2,(H,12,13). The van der Waals surface area contributed by atoms with Crippen molar-refractivity contribution >= 4 is 22.4 Å². The number of hydrogen-bond donors (Lipinski definition) is 1. The topological polar surface area (TPSA) is 53.4 Å². The summed E-state index contributed by atoms with van der Waals surface area (Å²) in [4.78, 5) is 17.7. The maximum Gasteiger partial charge on any atom is 0.308 e. The minimum absolute atomic E-state index is 0.0888. The van der Waals surface area contributed by atoms with Crippen molar-refractivity contribution in [2.24, 2.45) is 0 Å². The van der Waals surface area contributed by atoms with Gasteiger partial charge in [-0.2, -0.15) is 0 Å². The van der Waals surface area contributed by atoms with E-state index in [4.69, 9.17) is 5.11 Å². The molecule has 0 aromatic carbocycles. The molecule has 0 saturated carbocycles. The number of hydrogen-bond acceptors (Lipinski definition) is 4. The van der Waals surface area contributed by atoms with E-state index in [-0.39, 0.29) is 6.42 Å². The fourth-order valence-corrected chi connectivity index (χ4v) is 2.54. The van der Waals surface area contributed by atoms with E-state index in [0.29, 0.717) is 0 Å². The Kier molecular flexibility index (Phi) is 2.67. The van der Waals surface area contributed by atoms with Crippen LogP contribution in [0.25, 0.3) is 0 Å². The van der Waals surface area contributed by atoms with Gasteiger partial charge in [-0.15, -0.1) is 11.3 Å². The lowest BCUT2D eigenvalue weighted by Gasteiger charge is -2.11. The highest BCUT2D eigenvalue weighted by Gasteiger charge is 2.16. The van der Waals surface area contributed by atoms with E-state index in [2.05, 4.69) is 9.88 Å². The molecule has 14 heavy (non-hydrogen) atoms. The Hall–Kier alpha value is -1.10.